The van der Waals surface area contributed by atoms with Crippen molar-refractivity contribution in [1.29, 1.82) is 0 Å². The van der Waals surface area contributed by atoms with Crippen molar-refractivity contribution in [3.05, 3.63) is 18.0 Å². The van der Waals surface area contributed by atoms with Crippen LogP contribution in [0.3, 0.4) is 0 Å². The normalized spacial score (nSPS) is 12.8. The minimum atomic E-state index is -3.43. The van der Waals surface area contributed by atoms with Crippen molar-refractivity contribution in [2.75, 3.05) is 6.54 Å². The van der Waals surface area contributed by atoms with Gasteiger partial charge < -0.3 is 9.88 Å². The summed E-state index contributed by atoms with van der Waals surface area (Å²) in [7, 11) is -3.43. The Balaban J connectivity index is 3.00. The second kappa shape index (κ2) is 7.42. The first kappa shape index (κ1) is 18.2. The van der Waals surface area contributed by atoms with E-state index in [-0.39, 0.29) is 12.0 Å². The van der Waals surface area contributed by atoms with Gasteiger partial charge in [-0.05, 0) is 25.8 Å². The molecule has 0 saturated heterocycles. The summed E-state index contributed by atoms with van der Waals surface area (Å²) in [5.41, 5.74) is 0.989. The summed E-state index contributed by atoms with van der Waals surface area (Å²) in [6.07, 6.45) is 1.73. The Bertz CT molecular complexity index is 545. The topological polar surface area (TPSA) is 63.1 Å². The monoisotopic (exact) mass is 315 g/mol. The molecule has 6 heteroatoms. The van der Waals surface area contributed by atoms with E-state index >= 15 is 0 Å². The van der Waals surface area contributed by atoms with E-state index in [1.807, 2.05) is 18.4 Å². The summed E-state index contributed by atoms with van der Waals surface area (Å²) in [4.78, 5) is 0.345. The maximum absolute atomic E-state index is 12.3. The Morgan fingerprint density at radius 3 is 2.24 bits per heavy atom. The number of hydrogen-bond acceptors (Lipinski definition) is 3. The Labute approximate surface area is 129 Å². The highest BCUT2D eigenvalue weighted by Crippen LogP contribution is 2.19. The Hall–Kier alpha value is -0.850. The van der Waals surface area contributed by atoms with Crippen molar-refractivity contribution in [2.45, 2.75) is 65.1 Å². The van der Waals surface area contributed by atoms with Crippen LogP contribution in [-0.2, 0) is 16.6 Å². The molecule has 21 heavy (non-hydrogen) atoms. The minimum absolute atomic E-state index is 0.225. The fraction of sp³-hybridized carbons (Fsp3) is 0.733. The molecule has 122 valence electrons. The van der Waals surface area contributed by atoms with Gasteiger partial charge in [0.25, 0.3) is 0 Å². The van der Waals surface area contributed by atoms with E-state index in [0.717, 1.165) is 5.69 Å². The Morgan fingerprint density at radius 1 is 1.14 bits per heavy atom. The minimum Gasteiger partial charge on any atom is -0.346 e. The van der Waals surface area contributed by atoms with Gasteiger partial charge in [0, 0.05) is 37.1 Å². The maximum atomic E-state index is 12.3. The smallest absolute Gasteiger partial charge is 0.242 e. The maximum Gasteiger partial charge on any atom is 0.242 e. The van der Waals surface area contributed by atoms with Crippen LogP contribution in [0.15, 0.2) is 17.2 Å². The van der Waals surface area contributed by atoms with Gasteiger partial charge in [0.05, 0.1) is 4.90 Å². The lowest BCUT2D eigenvalue weighted by Crippen LogP contribution is -2.27. The molecule has 1 aromatic rings. The number of hydrogen-bond donors (Lipinski definition) is 2. The second-order valence-corrected chi connectivity index (χ2v) is 8.22. The molecule has 0 bridgehead atoms. The molecule has 0 aliphatic heterocycles. The van der Waals surface area contributed by atoms with Gasteiger partial charge in [0.15, 0.2) is 0 Å². The van der Waals surface area contributed by atoms with Gasteiger partial charge in [-0.1, -0.05) is 27.7 Å². The van der Waals surface area contributed by atoms with Crippen molar-refractivity contribution in [3.8, 4) is 0 Å². The third-order valence-corrected chi connectivity index (χ3v) is 4.54. The molecule has 1 aromatic heterocycles. The lowest BCUT2D eigenvalue weighted by atomic mass is 10.2. The van der Waals surface area contributed by atoms with Crippen LogP contribution in [0.5, 0.6) is 0 Å². The first-order chi connectivity index (χ1) is 9.63. The van der Waals surface area contributed by atoms with Gasteiger partial charge in [-0.25, -0.2) is 13.1 Å². The number of nitrogens with one attached hydrogen (secondary N) is 2. The van der Waals surface area contributed by atoms with Gasteiger partial charge in [-0.2, -0.15) is 0 Å². The summed E-state index contributed by atoms with van der Waals surface area (Å²) in [6.45, 7) is 13.3. The highest BCUT2D eigenvalue weighted by Gasteiger charge is 2.19. The average molecular weight is 315 g/mol. The van der Waals surface area contributed by atoms with E-state index < -0.39 is 10.0 Å². The molecule has 0 aliphatic rings. The van der Waals surface area contributed by atoms with Gasteiger partial charge in [-0.3, -0.25) is 0 Å². The molecular weight excluding hydrogens is 286 g/mol. The molecule has 0 aliphatic carbocycles. The molecule has 0 fully saturated rings. The van der Waals surface area contributed by atoms with Crippen LogP contribution in [-0.4, -0.2) is 25.6 Å². The summed E-state index contributed by atoms with van der Waals surface area (Å²) >= 11 is 0. The molecule has 0 radical (unpaired) electrons. The van der Waals surface area contributed by atoms with Crippen LogP contribution in [0.2, 0.25) is 0 Å². The summed E-state index contributed by atoms with van der Waals surface area (Å²) in [5, 5.41) is 3.34. The molecule has 0 saturated carbocycles. The molecule has 1 heterocycles. The lowest BCUT2D eigenvalue weighted by molar-refractivity contribution is 0.525. The molecule has 2 N–H and O–H groups in total. The molecule has 0 aromatic carbocycles. The predicted molar refractivity (Wildman–Crippen MR) is 86.8 cm³/mol. The van der Waals surface area contributed by atoms with Crippen molar-refractivity contribution >= 4 is 10.0 Å². The standard InChI is InChI=1S/C15H29N3O2S/c1-11(2)8-17-21(19,20)15-7-14(9-16-12(3)4)18(10-15)13(5)6/h7,10-13,16-17H,8-9H2,1-6H3. The van der Waals surface area contributed by atoms with Gasteiger partial charge >= 0.3 is 0 Å². The van der Waals surface area contributed by atoms with Crippen LogP contribution < -0.4 is 10.0 Å². The van der Waals surface area contributed by atoms with Crippen LogP contribution >= 0.6 is 0 Å². The van der Waals surface area contributed by atoms with Crippen LogP contribution in [0.25, 0.3) is 0 Å². The first-order valence-electron chi connectivity index (χ1n) is 7.57. The molecule has 0 unspecified atom stereocenters. The Morgan fingerprint density at radius 2 is 1.76 bits per heavy atom. The quantitative estimate of drug-likeness (QED) is 0.775. The predicted octanol–water partition coefficient (Wildman–Crippen LogP) is 2.50. The zero-order chi connectivity index (χ0) is 16.2. The summed E-state index contributed by atoms with van der Waals surface area (Å²) in [6, 6.07) is 2.35. The van der Waals surface area contributed by atoms with Crippen LogP contribution in [0.1, 0.15) is 53.3 Å². The fourth-order valence-electron chi connectivity index (χ4n) is 1.93. The third kappa shape index (κ3) is 5.45. The number of nitrogens with zero attached hydrogens (tertiary/aromatic N) is 1. The van der Waals surface area contributed by atoms with E-state index in [1.54, 1.807) is 12.3 Å². The van der Waals surface area contributed by atoms with Crippen LogP contribution in [0, 0.1) is 5.92 Å². The van der Waals surface area contributed by atoms with Gasteiger partial charge in [-0.15, -0.1) is 0 Å². The van der Waals surface area contributed by atoms with Crippen LogP contribution in [0.4, 0.5) is 0 Å². The van der Waals surface area contributed by atoms with E-state index in [9.17, 15) is 8.42 Å². The van der Waals surface area contributed by atoms with E-state index in [0.29, 0.717) is 24.0 Å². The Kier molecular flexibility index (Phi) is 6.43. The zero-order valence-electron chi connectivity index (χ0n) is 14.0. The van der Waals surface area contributed by atoms with E-state index in [2.05, 4.69) is 37.7 Å². The number of aromatic nitrogens is 1. The SMILES string of the molecule is CC(C)CNS(=O)(=O)c1cc(CNC(C)C)n(C(C)C)c1. The molecular formula is C15H29N3O2S. The highest BCUT2D eigenvalue weighted by atomic mass is 32.2. The summed E-state index contributed by atoms with van der Waals surface area (Å²) in [5.74, 6) is 0.286. The van der Waals surface area contributed by atoms with E-state index in [4.69, 9.17) is 0 Å². The molecule has 0 atom stereocenters. The second-order valence-electron chi connectivity index (χ2n) is 6.45. The zero-order valence-corrected chi connectivity index (χ0v) is 14.8. The lowest BCUT2D eigenvalue weighted by Gasteiger charge is -2.14. The largest absolute Gasteiger partial charge is 0.346 e. The molecule has 0 amide bonds. The highest BCUT2D eigenvalue weighted by molar-refractivity contribution is 7.89. The summed E-state index contributed by atoms with van der Waals surface area (Å²) < 4.78 is 29.3. The molecule has 0 spiro atoms. The van der Waals surface area contributed by atoms with Crippen molar-refractivity contribution < 1.29 is 8.42 Å². The third-order valence-electron chi connectivity index (χ3n) is 3.15. The molecule has 5 nitrogen and oxygen atoms in total. The fourth-order valence-corrected chi connectivity index (χ4v) is 3.20. The first-order valence-corrected chi connectivity index (χ1v) is 9.05. The van der Waals surface area contributed by atoms with Gasteiger partial charge in [0.2, 0.25) is 10.0 Å². The van der Waals surface area contributed by atoms with Gasteiger partial charge in [0.1, 0.15) is 0 Å². The van der Waals surface area contributed by atoms with Crippen molar-refractivity contribution in [3.63, 3.8) is 0 Å². The van der Waals surface area contributed by atoms with E-state index in [1.165, 1.54) is 0 Å². The molecule has 1 rings (SSSR count). The van der Waals surface area contributed by atoms with Crippen molar-refractivity contribution in [2.24, 2.45) is 5.92 Å². The number of sulfonamides is 1. The average Bonchev–Trinajstić information content (AvgIpc) is 2.79. The number of rotatable bonds is 8. The van der Waals surface area contributed by atoms with Crippen molar-refractivity contribution in [1.82, 2.24) is 14.6 Å².